The quantitative estimate of drug-likeness (QED) is 0.856. The Morgan fingerprint density at radius 3 is 2.79 bits per heavy atom. The van der Waals surface area contributed by atoms with Gasteiger partial charge in [0.2, 0.25) is 0 Å². The first-order chi connectivity index (χ1) is 8.84. The molecule has 0 aromatic heterocycles. The molecule has 0 saturated carbocycles. The molecule has 2 heterocycles. The van der Waals surface area contributed by atoms with Crippen LogP contribution in [-0.2, 0) is 4.74 Å². The topological polar surface area (TPSA) is 41.6 Å². The molecule has 5 heteroatoms. The molecule has 104 valence electrons. The minimum absolute atomic E-state index is 0. The average Bonchev–Trinajstić information content (AvgIpc) is 2.75. The third-order valence-corrected chi connectivity index (χ3v) is 3.69. The molecular formula is C14H19ClN2O2. The number of cyclic esters (lactones) is 1. The van der Waals surface area contributed by atoms with Crippen LogP contribution in [0.4, 0.5) is 0 Å². The maximum absolute atomic E-state index is 11.7. The number of benzene rings is 1. The van der Waals surface area contributed by atoms with Crippen LogP contribution < -0.4 is 5.32 Å². The molecule has 1 atom stereocenters. The first-order valence-corrected chi connectivity index (χ1v) is 6.57. The zero-order valence-corrected chi connectivity index (χ0v) is 11.6. The van der Waals surface area contributed by atoms with Crippen LogP contribution in [0.1, 0.15) is 28.4 Å². The van der Waals surface area contributed by atoms with E-state index in [4.69, 9.17) is 4.74 Å². The summed E-state index contributed by atoms with van der Waals surface area (Å²) in [4.78, 5) is 14.1. The highest BCUT2D eigenvalue weighted by molar-refractivity contribution is 5.93. The van der Waals surface area contributed by atoms with Gasteiger partial charge in [0.15, 0.2) is 0 Å². The van der Waals surface area contributed by atoms with Gasteiger partial charge in [-0.25, -0.2) is 4.79 Å². The molecule has 1 N–H and O–H groups in total. The van der Waals surface area contributed by atoms with Gasteiger partial charge in [0.1, 0.15) is 6.10 Å². The molecule has 0 radical (unpaired) electrons. The van der Waals surface area contributed by atoms with Crippen molar-refractivity contribution in [2.24, 2.45) is 0 Å². The monoisotopic (exact) mass is 282 g/mol. The lowest BCUT2D eigenvalue weighted by molar-refractivity contribution is 0.0342. The summed E-state index contributed by atoms with van der Waals surface area (Å²) in [5.74, 6) is -0.170. The van der Waals surface area contributed by atoms with Crippen molar-refractivity contribution in [1.82, 2.24) is 10.2 Å². The highest BCUT2D eigenvalue weighted by Crippen LogP contribution is 2.32. The summed E-state index contributed by atoms with van der Waals surface area (Å²) in [6, 6.07) is 7.71. The van der Waals surface area contributed by atoms with Gasteiger partial charge in [0.25, 0.3) is 0 Å². The van der Waals surface area contributed by atoms with Crippen molar-refractivity contribution in [3.05, 3.63) is 35.4 Å². The van der Waals surface area contributed by atoms with Crippen LogP contribution in [0.15, 0.2) is 24.3 Å². The summed E-state index contributed by atoms with van der Waals surface area (Å²) in [6.45, 7) is 5.28. The summed E-state index contributed by atoms with van der Waals surface area (Å²) < 4.78 is 5.44. The van der Waals surface area contributed by atoms with Gasteiger partial charge in [-0.2, -0.15) is 0 Å². The van der Waals surface area contributed by atoms with E-state index in [-0.39, 0.29) is 24.5 Å². The van der Waals surface area contributed by atoms with Crippen molar-refractivity contribution < 1.29 is 9.53 Å². The molecule has 2 aliphatic rings. The Kier molecular flexibility index (Phi) is 4.80. The van der Waals surface area contributed by atoms with Crippen molar-refractivity contribution in [1.29, 1.82) is 0 Å². The highest BCUT2D eigenvalue weighted by atomic mass is 35.5. The Morgan fingerprint density at radius 1 is 1.26 bits per heavy atom. The zero-order chi connectivity index (χ0) is 12.4. The lowest BCUT2D eigenvalue weighted by atomic mass is 10.0. The van der Waals surface area contributed by atoms with Gasteiger partial charge in [-0.05, 0) is 6.07 Å². The number of hydrogen-bond donors (Lipinski definition) is 1. The largest absolute Gasteiger partial charge is 0.454 e. The smallest absolute Gasteiger partial charge is 0.339 e. The average molecular weight is 283 g/mol. The van der Waals surface area contributed by atoms with Crippen molar-refractivity contribution in [3.63, 3.8) is 0 Å². The first kappa shape index (κ1) is 14.3. The van der Waals surface area contributed by atoms with Crippen LogP contribution in [0.5, 0.6) is 0 Å². The van der Waals surface area contributed by atoms with Crippen LogP contribution in [0.2, 0.25) is 0 Å². The Balaban J connectivity index is 0.00000133. The van der Waals surface area contributed by atoms with E-state index >= 15 is 0 Å². The fourth-order valence-corrected chi connectivity index (χ4v) is 2.67. The fraction of sp³-hybridized carbons (Fsp3) is 0.500. The molecule has 0 amide bonds. The lowest BCUT2D eigenvalue weighted by Gasteiger charge is -2.27. The summed E-state index contributed by atoms with van der Waals surface area (Å²) in [5.41, 5.74) is 1.79. The fourth-order valence-electron chi connectivity index (χ4n) is 2.67. The minimum atomic E-state index is -0.170. The third-order valence-electron chi connectivity index (χ3n) is 3.69. The number of halogens is 1. The van der Waals surface area contributed by atoms with Crippen LogP contribution in [0.25, 0.3) is 0 Å². The lowest BCUT2D eigenvalue weighted by Crippen LogP contribution is -2.44. The highest BCUT2D eigenvalue weighted by Gasteiger charge is 2.30. The van der Waals surface area contributed by atoms with Gasteiger partial charge in [0.05, 0.1) is 5.56 Å². The molecule has 0 spiro atoms. The number of nitrogens with one attached hydrogen (secondary N) is 1. The summed E-state index contributed by atoms with van der Waals surface area (Å²) in [5, 5.41) is 3.34. The molecule has 1 unspecified atom stereocenters. The Hall–Kier alpha value is -1.10. The van der Waals surface area contributed by atoms with Gasteiger partial charge in [-0.15, -0.1) is 12.4 Å². The van der Waals surface area contributed by atoms with E-state index < -0.39 is 0 Å². The Bertz CT molecular complexity index is 447. The van der Waals surface area contributed by atoms with E-state index in [2.05, 4.69) is 10.2 Å². The second-order valence-electron chi connectivity index (χ2n) is 4.86. The number of ether oxygens (including phenoxy) is 1. The molecule has 2 aliphatic heterocycles. The summed E-state index contributed by atoms with van der Waals surface area (Å²) in [6.07, 6.45) is 0.839. The van der Waals surface area contributed by atoms with Gasteiger partial charge in [-0.1, -0.05) is 18.2 Å². The maximum Gasteiger partial charge on any atom is 0.339 e. The number of carbonyl (C=O) groups excluding carboxylic acids is 1. The number of carbonyl (C=O) groups is 1. The zero-order valence-electron chi connectivity index (χ0n) is 10.8. The van der Waals surface area contributed by atoms with Crippen LogP contribution in [-0.4, -0.2) is 43.6 Å². The Labute approximate surface area is 119 Å². The van der Waals surface area contributed by atoms with E-state index in [0.29, 0.717) is 0 Å². The van der Waals surface area contributed by atoms with Crippen LogP contribution in [0, 0.1) is 0 Å². The van der Waals surface area contributed by atoms with Crippen LogP contribution in [0.3, 0.4) is 0 Å². The number of fused-ring (bicyclic) bond motifs is 1. The van der Waals surface area contributed by atoms with Gasteiger partial charge < -0.3 is 15.0 Å². The number of piperazine rings is 1. The second kappa shape index (κ2) is 6.37. The van der Waals surface area contributed by atoms with E-state index in [1.165, 1.54) is 0 Å². The molecule has 1 aromatic carbocycles. The molecule has 19 heavy (non-hydrogen) atoms. The normalized spacial score (nSPS) is 22.5. The SMILES string of the molecule is Cl.O=C1OC(CCN2CCNCC2)c2ccccc21. The standard InChI is InChI=1S/C14H18N2O2.ClH/c17-14-12-4-2-1-3-11(12)13(18-14)5-8-16-9-6-15-7-10-16;/h1-4,13,15H,5-10H2;1H. The minimum Gasteiger partial charge on any atom is -0.454 e. The van der Waals surface area contributed by atoms with Crippen molar-refractivity contribution in [2.75, 3.05) is 32.7 Å². The first-order valence-electron chi connectivity index (χ1n) is 6.57. The number of nitrogens with zero attached hydrogens (tertiary/aromatic N) is 1. The molecule has 1 aromatic rings. The molecule has 4 nitrogen and oxygen atoms in total. The van der Waals surface area contributed by atoms with E-state index in [1.807, 2.05) is 24.3 Å². The third kappa shape index (κ3) is 3.08. The molecule has 0 aliphatic carbocycles. The second-order valence-corrected chi connectivity index (χ2v) is 4.86. The number of hydrogen-bond acceptors (Lipinski definition) is 4. The number of esters is 1. The molecule has 1 saturated heterocycles. The summed E-state index contributed by atoms with van der Waals surface area (Å²) >= 11 is 0. The Morgan fingerprint density at radius 2 is 2.00 bits per heavy atom. The number of rotatable bonds is 3. The molecule has 3 rings (SSSR count). The predicted octanol–water partition coefficient (Wildman–Crippen LogP) is 1.62. The molecule has 0 bridgehead atoms. The van der Waals surface area contributed by atoms with Crippen molar-refractivity contribution in [3.8, 4) is 0 Å². The maximum atomic E-state index is 11.7. The van der Waals surface area contributed by atoms with Gasteiger partial charge in [0, 0.05) is 44.7 Å². The van der Waals surface area contributed by atoms with E-state index in [9.17, 15) is 4.79 Å². The predicted molar refractivity (Wildman–Crippen MR) is 75.8 cm³/mol. The molecule has 1 fully saturated rings. The molecular weight excluding hydrogens is 264 g/mol. The van der Waals surface area contributed by atoms with Crippen molar-refractivity contribution in [2.45, 2.75) is 12.5 Å². The van der Waals surface area contributed by atoms with E-state index in [1.54, 1.807) is 0 Å². The van der Waals surface area contributed by atoms with Gasteiger partial charge in [-0.3, -0.25) is 0 Å². The summed E-state index contributed by atoms with van der Waals surface area (Å²) in [7, 11) is 0. The van der Waals surface area contributed by atoms with Gasteiger partial charge >= 0.3 is 5.97 Å². The van der Waals surface area contributed by atoms with Crippen molar-refractivity contribution >= 4 is 18.4 Å². The van der Waals surface area contributed by atoms with Crippen LogP contribution >= 0.6 is 12.4 Å². The van der Waals surface area contributed by atoms with E-state index in [0.717, 1.165) is 50.3 Å².